The van der Waals surface area contributed by atoms with Gasteiger partial charge in [0.1, 0.15) is 11.3 Å². The van der Waals surface area contributed by atoms with E-state index in [2.05, 4.69) is 19.9 Å². The van der Waals surface area contributed by atoms with Gasteiger partial charge in [0.15, 0.2) is 11.6 Å². The summed E-state index contributed by atoms with van der Waals surface area (Å²) in [6, 6.07) is 7.98. The van der Waals surface area contributed by atoms with Gasteiger partial charge in [-0.05, 0) is 24.3 Å². The number of H-pyrrole nitrogens is 1. The number of benzene rings is 2. The molecule has 4 rings (SSSR count). The first-order valence-corrected chi connectivity index (χ1v) is 6.28. The van der Waals surface area contributed by atoms with Gasteiger partial charge < -0.3 is 4.98 Å². The molecule has 2 aromatic carbocycles. The summed E-state index contributed by atoms with van der Waals surface area (Å²) in [5.74, 6) is -1.44. The van der Waals surface area contributed by atoms with Crippen LogP contribution in [-0.4, -0.2) is 19.9 Å². The molecule has 0 saturated heterocycles. The number of rotatable bonds is 1. The molecule has 0 fully saturated rings. The van der Waals surface area contributed by atoms with Crippen molar-refractivity contribution in [1.29, 1.82) is 0 Å². The van der Waals surface area contributed by atoms with Gasteiger partial charge in [-0.25, -0.2) is 13.8 Å². The van der Waals surface area contributed by atoms with Crippen LogP contribution in [0.25, 0.3) is 33.5 Å². The molecule has 0 unspecified atom stereocenters. The summed E-state index contributed by atoms with van der Waals surface area (Å²) in [6.07, 6.45) is 3.18. The largest absolute Gasteiger partial charge is 0.338 e. The number of aromatic amines is 1. The fourth-order valence-electron chi connectivity index (χ4n) is 2.33. The molecule has 0 aliphatic heterocycles. The van der Waals surface area contributed by atoms with Crippen LogP contribution in [-0.2, 0) is 0 Å². The van der Waals surface area contributed by atoms with E-state index in [1.54, 1.807) is 12.4 Å². The van der Waals surface area contributed by atoms with Crippen LogP contribution >= 0.6 is 0 Å². The maximum Gasteiger partial charge on any atom is 0.186 e. The standard InChI is InChI=1S/C15H8F2N4/c16-9-4-5-11-14(12(9)17)21-15(20-11)8-2-1-3-10-13(8)19-7-6-18-10/h1-7H,(H,20,21). The molecule has 0 aliphatic rings. The van der Waals surface area contributed by atoms with Gasteiger partial charge in [0.25, 0.3) is 0 Å². The van der Waals surface area contributed by atoms with Gasteiger partial charge >= 0.3 is 0 Å². The lowest BCUT2D eigenvalue weighted by molar-refractivity contribution is 0.515. The normalized spacial score (nSPS) is 11.3. The molecule has 21 heavy (non-hydrogen) atoms. The lowest BCUT2D eigenvalue weighted by Gasteiger charge is -2.01. The van der Waals surface area contributed by atoms with Crippen LogP contribution in [0.3, 0.4) is 0 Å². The quantitative estimate of drug-likeness (QED) is 0.581. The number of halogens is 2. The molecule has 0 aliphatic carbocycles. The molecular formula is C15H8F2N4. The number of para-hydroxylation sites is 1. The molecule has 102 valence electrons. The molecule has 4 nitrogen and oxygen atoms in total. The highest BCUT2D eigenvalue weighted by atomic mass is 19.2. The maximum atomic E-state index is 13.8. The molecule has 0 amide bonds. The van der Waals surface area contributed by atoms with E-state index in [4.69, 9.17) is 0 Å². The molecule has 4 aromatic rings. The summed E-state index contributed by atoms with van der Waals surface area (Å²) in [7, 11) is 0. The molecule has 2 aromatic heterocycles. The van der Waals surface area contributed by atoms with E-state index in [1.165, 1.54) is 6.07 Å². The van der Waals surface area contributed by atoms with Crippen molar-refractivity contribution < 1.29 is 8.78 Å². The van der Waals surface area contributed by atoms with Crippen LogP contribution in [0.2, 0.25) is 0 Å². The first-order chi connectivity index (χ1) is 10.2. The van der Waals surface area contributed by atoms with Crippen molar-refractivity contribution in [1.82, 2.24) is 19.9 Å². The van der Waals surface area contributed by atoms with Crippen molar-refractivity contribution in [2.75, 3.05) is 0 Å². The minimum atomic E-state index is -0.957. The van der Waals surface area contributed by atoms with Gasteiger partial charge in [0.2, 0.25) is 0 Å². The van der Waals surface area contributed by atoms with Gasteiger partial charge in [-0.1, -0.05) is 6.07 Å². The minimum Gasteiger partial charge on any atom is -0.338 e. The first kappa shape index (κ1) is 11.9. The molecule has 0 bridgehead atoms. The summed E-state index contributed by atoms with van der Waals surface area (Å²) in [5, 5.41) is 0. The van der Waals surface area contributed by atoms with Crippen LogP contribution in [0.5, 0.6) is 0 Å². The summed E-state index contributed by atoms with van der Waals surface area (Å²) in [5.41, 5.74) is 2.47. The third-order valence-corrected chi connectivity index (χ3v) is 3.30. The Balaban J connectivity index is 2.03. The van der Waals surface area contributed by atoms with Crippen molar-refractivity contribution >= 4 is 22.1 Å². The zero-order valence-corrected chi connectivity index (χ0v) is 10.6. The van der Waals surface area contributed by atoms with E-state index in [-0.39, 0.29) is 5.52 Å². The Kier molecular flexibility index (Phi) is 2.44. The van der Waals surface area contributed by atoms with Crippen molar-refractivity contribution in [3.8, 4) is 11.4 Å². The molecule has 0 saturated carbocycles. The van der Waals surface area contributed by atoms with Crippen molar-refractivity contribution in [2.45, 2.75) is 0 Å². The Morgan fingerprint density at radius 3 is 2.67 bits per heavy atom. The highest BCUT2D eigenvalue weighted by Crippen LogP contribution is 2.27. The van der Waals surface area contributed by atoms with Gasteiger partial charge in [0.05, 0.1) is 16.6 Å². The fraction of sp³-hybridized carbons (Fsp3) is 0. The second kappa shape index (κ2) is 4.31. The van der Waals surface area contributed by atoms with Gasteiger partial charge in [-0.15, -0.1) is 0 Å². The molecule has 6 heteroatoms. The number of imidazole rings is 1. The maximum absolute atomic E-state index is 13.8. The van der Waals surface area contributed by atoms with Gasteiger partial charge in [-0.3, -0.25) is 9.97 Å². The zero-order valence-electron chi connectivity index (χ0n) is 10.6. The van der Waals surface area contributed by atoms with Crippen LogP contribution < -0.4 is 0 Å². The predicted molar refractivity (Wildman–Crippen MR) is 74.5 cm³/mol. The van der Waals surface area contributed by atoms with Crippen LogP contribution in [0, 0.1) is 11.6 Å². The van der Waals surface area contributed by atoms with Gasteiger partial charge in [0, 0.05) is 18.0 Å². The summed E-state index contributed by atoms with van der Waals surface area (Å²) in [4.78, 5) is 15.6. The Hall–Kier alpha value is -2.89. The SMILES string of the molecule is Fc1ccc2[nH]c(-c3cccc4nccnc34)nc2c1F. The minimum absolute atomic E-state index is 0.0223. The number of hydrogen-bond donors (Lipinski definition) is 1. The van der Waals surface area contributed by atoms with E-state index in [0.29, 0.717) is 27.9 Å². The number of aromatic nitrogens is 4. The summed E-state index contributed by atoms with van der Waals surface area (Å²) >= 11 is 0. The number of hydrogen-bond acceptors (Lipinski definition) is 3. The molecule has 0 atom stereocenters. The average molecular weight is 282 g/mol. The lowest BCUT2D eigenvalue weighted by Crippen LogP contribution is -1.88. The molecule has 0 spiro atoms. The van der Waals surface area contributed by atoms with Crippen LogP contribution in [0.15, 0.2) is 42.7 Å². The van der Waals surface area contributed by atoms with Crippen molar-refractivity contribution in [2.24, 2.45) is 0 Å². The van der Waals surface area contributed by atoms with Crippen molar-refractivity contribution in [3.05, 3.63) is 54.4 Å². The Morgan fingerprint density at radius 1 is 0.905 bits per heavy atom. The fourth-order valence-corrected chi connectivity index (χ4v) is 2.33. The van der Waals surface area contributed by atoms with E-state index in [9.17, 15) is 8.78 Å². The van der Waals surface area contributed by atoms with E-state index >= 15 is 0 Å². The molecule has 0 radical (unpaired) electrons. The third kappa shape index (κ3) is 1.76. The molecule has 1 N–H and O–H groups in total. The molecule has 2 heterocycles. The van der Waals surface area contributed by atoms with E-state index in [0.717, 1.165) is 6.07 Å². The smallest absolute Gasteiger partial charge is 0.186 e. The number of nitrogens with zero attached hydrogens (tertiary/aromatic N) is 3. The summed E-state index contributed by atoms with van der Waals surface area (Å²) in [6.45, 7) is 0. The number of nitrogens with one attached hydrogen (secondary N) is 1. The Bertz CT molecular complexity index is 973. The highest BCUT2D eigenvalue weighted by molar-refractivity contribution is 5.91. The van der Waals surface area contributed by atoms with Crippen LogP contribution in [0.1, 0.15) is 0 Å². The number of fused-ring (bicyclic) bond motifs is 2. The Labute approximate surface area is 117 Å². The van der Waals surface area contributed by atoms with E-state index < -0.39 is 11.6 Å². The van der Waals surface area contributed by atoms with Crippen molar-refractivity contribution in [3.63, 3.8) is 0 Å². The first-order valence-electron chi connectivity index (χ1n) is 6.28. The predicted octanol–water partition coefficient (Wildman–Crippen LogP) is 3.45. The van der Waals surface area contributed by atoms with E-state index in [1.807, 2.05) is 18.2 Å². The van der Waals surface area contributed by atoms with Gasteiger partial charge in [-0.2, -0.15) is 0 Å². The van der Waals surface area contributed by atoms with Crippen LogP contribution in [0.4, 0.5) is 8.78 Å². The lowest BCUT2D eigenvalue weighted by atomic mass is 10.1. The average Bonchev–Trinajstić information content (AvgIpc) is 2.95. The summed E-state index contributed by atoms with van der Waals surface area (Å²) < 4.78 is 27.0. The second-order valence-electron chi connectivity index (χ2n) is 4.57. The second-order valence-corrected chi connectivity index (χ2v) is 4.57. The third-order valence-electron chi connectivity index (χ3n) is 3.30. The molecular weight excluding hydrogens is 274 g/mol. The topological polar surface area (TPSA) is 54.5 Å². The highest BCUT2D eigenvalue weighted by Gasteiger charge is 2.14. The zero-order chi connectivity index (χ0) is 14.4. The Morgan fingerprint density at radius 2 is 1.76 bits per heavy atom. The monoisotopic (exact) mass is 282 g/mol.